The molecule has 1 N–H and O–H groups in total. The normalized spacial score (nSPS) is 9.68. The fourth-order valence-electron chi connectivity index (χ4n) is 1.55. The molecule has 0 saturated carbocycles. The number of amides is 1. The van der Waals surface area contributed by atoms with Crippen molar-refractivity contribution in [1.82, 2.24) is 15.1 Å². The Bertz CT molecular complexity index is 608. The highest BCUT2D eigenvalue weighted by molar-refractivity contribution is 5.92. The number of aromatic nitrogens is 2. The molecule has 2 rings (SSSR count). The molecule has 0 saturated heterocycles. The Hall–Kier alpha value is -2.74. The molecule has 1 aromatic heterocycles. The van der Waals surface area contributed by atoms with Gasteiger partial charge in [0.25, 0.3) is 5.91 Å². The lowest BCUT2D eigenvalue weighted by Crippen LogP contribution is -2.24. The minimum Gasteiger partial charge on any atom is -0.497 e. The molecule has 1 amide bonds. The van der Waals surface area contributed by atoms with Crippen LogP contribution >= 0.6 is 0 Å². The smallest absolute Gasteiger partial charge is 0.272 e. The summed E-state index contributed by atoms with van der Waals surface area (Å²) >= 11 is 0. The Balaban J connectivity index is 2.16. The lowest BCUT2D eigenvalue weighted by Gasteiger charge is -2.03. The zero-order valence-electron chi connectivity index (χ0n) is 10.5. The van der Waals surface area contributed by atoms with Crippen molar-refractivity contribution in [2.75, 3.05) is 13.7 Å². The average Bonchev–Trinajstić information content (AvgIpc) is 2.94. The van der Waals surface area contributed by atoms with Crippen LogP contribution in [-0.4, -0.2) is 29.3 Å². The van der Waals surface area contributed by atoms with Crippen LogP contribution in [0, 0.1) is 12.3 Å². The first-order valence-corrected chi connectivity index (χ1v) is 5.66. The Kier molecular flexibility index (Phi) is 3.84. The number of terminal acetylenes is 1. The van der Waals surface area contributed by atoms with Crippen molar-refractivity contribution >= 4 is 5.91 Å². The van der Waals surface area contributed by atoms with Crippen LogP contribution in [0.2, 0.25) is 0 Å². The SMILES string of the molecule is C#CCNC(=O)c1ccn(-c2ccc(OC)cc2)n1. The van der Waals surface area contributed by atoms with E-state index in [0.29, 0.717) is 5.69 Å². The zero-order valence-corrected chi connectivity index (χ0v) is 10.5. The summed E-state index contributed by atoms with van der Waals surface area (Å²) in [6, 6.07) is 9.00. The zero-order chi connectivity index (χ0) is 13.7. The van der Waals surface area contributed by atoms with Gasteiger partial charge in [0.05, 0.1) is 19.3 Å². The molecule has 0 bridgehead atoms. The number of hydrogen-bond donors (Lipinski definition) is 1. The van der Waals surface area contributed by atoms with Crippen LogP contribution in [0.15, 0.2) is 36.5 Å². The second-order valence-corrected chi connectivity index (χ2v) is 3.73. The topological polar surface area (TPSA) is 56.2 Å². The maximum absolute atomic E-state index is 11.6. The Labute approximate surface area is 111 Å². The van der Waals surface area contributed by atoms with E-state index in [4.69, 9.17) is 11.2 Å². The van der Waals surface area contributed by atoms with Crippen LogP contribution in [0.4, 0.5) is 0 Å². The monoisotopic (exact) mass is 255 g/mol. The van der Waals surface area contributed by atoms with Crippen molar-refractivity contribution in [2.45, 2.75) is 0 Å². The molecular weight excluding hydrogens is 242 g/mol. The standard InChI is InChI=1S/C14H13N3O2/c1-3-9-15-14(18)13-8-10-17(16-13)11-4-6-12(19-2)7-5-11/h1,4-8,10H,9H2,2H3,(H,15,18). The van der Waals surface area contributed by atoms with Gasteiger partial charge in [0.2, 0.25) is 0 Å². The first kappa shape index (κ1) is 12.7. The summed E-state index contributed by atoms with van der Waals surface area (Å²) in [6.45, 7) is 0.189. The summed E-state index contributed by atoms with van der Waals surface area (Å²) in [7, 11) is 1.61. The Morgan fingerprint density at radius 2 is 2.16 bits per heavy atom. The van der Waals surface area contributed by atoms with E-state index in [9.17, 15) is 4.79 Å². The predicted octanol–water partition coefficient (Wildman–Crippen LogP) is 1.24. The number of rotatable bonds is 4. The number of nitrogens with one attached hydrogen (secondary N) is 1. The van der Waals surface area contributed by atoms with Crippen LogP contribution in [-0.2, 0) is 0 Å². The molecule has 0 aliphatic carbocycles. The van der Waals surface area contributed by atoms with Crippen molar-refractivity contribution in [3.05, 3.63) is 42.2 Å². The number of carbonyl (C=O) groups excluding carboxylic acids is 1. The first-order chi connectivity index (χ1) is 9.24. The summed E-state index contributed by atoms with van der Waals surface area (Å²) in [5.74, 6) is 2.82. The molecule has 0 atom stereocenters. The van der Waals surface area contributed by atoms with Gasteiger partial charge in [0.15, 0.2) is 5.69 Å². The van der Waals surface area contributed by atoms with Crippen molar-refractivity contribution in [3.8, 4) is 23.8 Å². The number of benzene rings is 1. The Morgan fingerprint density at radius 3 is 2.79 bits per heavy atom. The lowest BCUT2D eigenvalue weighted by atomic mass is 10.3. The quantitative estimate of drug-likeness (QED) is 0.836. The van der Waals surface area contributed by atoms with E-state index < -0.39 is 0 Å². The summed E-state index contributed by atoms with van der Waals surface area (Å²) < 4.78 is 6.70. The van der Waals surface area contributed by atoms with E-state index in [1.165, 1.54) is 0 Å². The number of nitrogens with zero attached hydrogens (tertiary/aromatic N) is 2. The van der Waals surface area contributed by atoms with Gasteiger partial charge < -0.3 is 10.1 Å². The summed E-state index contributed by atoms with van der Waals surface area (Å²) in [4.78, 5) is 11.6. The van der Waals surface area contributed by atoms with E-state index in [1.807, 2.05) is 24.3 Å². The molecule has 0 aliphatic heterocycles. The number of methoxy groups -OCH3 is 1. The Morgan fingerprint density at radius 1 is 1.42 bits per heavy atom. The number of hydrogen-bond acceptors (Lipinski definition) is 3. The fraction of sp³-hybridized carbons (Fsp3) is 0.143. The summed E-state index contributed by atoms with van der Waals surface area (Å²) in [6.07, 6.45) is 6.79. The summed E-state index contributed by atoms with van der Waals surface area (Å²) in [5.41, 5.74) is 1.17. The van der Waals surface area contributed by atoms with Gasteiger partial charge in [-0.2, -0.15) is 5.10 Å². The minimum absolute atomic E-state index is 0.189. The van der Waals surface area contributed by atoms with Gasteiger partial charge in [0.1, 0.15) is 5.75 Å². The van der Waals surface area contributed by atoms with Crippen LogP contribution in [0.3, 0.4) is 0 Å². The second kappa shape index (κ2) is 5.74. The number of ether oxygens (including phenoxy) is 1. The molecule has 5 heteroatoms. The van der Waals surface area contributed by atoms with E-state index in [0.717, 1.165) is 11.4 Å². The molecule has 0 unspecified atom stereocenters. The molecular formula is C14H13N3O2. The third-order valence-corrected chi connectivity index (χ3v) is 2.51. The molecule has 0 aliphatic rings. The maximum Gasteiger partial charge on any atom is 0.272 e. The van der Waals surface area contributed by atoms with Crippen LogP contribution < -0.4 is 10.1 Å². The molecule has 1 aromatic carbocycles. The van der Waals surface area contributed by atoms with E-state index in [-0.39, 0.29) is 12.5 Å². The molecule has 2 aromatic rings. The number of carbonyl (C=O) groups is 1. The van der Waals surface area contributed by atoms with Gasteiger partial charge in [-0.1, -0.05) is 5.92 Å². The van der Waals surface area contributed by atoms with E-state index >= 15 is 0 Å². The van der Waals surface area contributed by atoms with Gasteiger partial charge >= 0.3 is 0 Å². The highest BCUT2D eigenvalue weighted by Crippen LogP contribution is 2.14. The third-order valence-electron chi connectivity index (χ3n) is 2.51. The fourth-order valence-corrected chi connectivity index (χ4v) is 1.55. The minimum atomic E-state index is -0.287. The van der Waals surface area contributed by atoms with Crippen molar-refractivity contribution in [1.29, 1.82) is 0 Å². The van der Waals surface area contributed by atoms with Gasteiger partial charge in [-0.25, -0.2) is 4.68 Å². The van der Waals surface area contributed by atoms with Gasteiger partial charge in [-0.05, 0) is 30.3 Å². The molecule has 5 nitrogen and oxygen atoms in total. The van der Waals surface area contributed by atoms with Crippen molar-refractivity contribution in [3.63, 3.8) is 0 Å². The van der Waals surface area contributed by atoms with E-state index in [2.05, 4.69) is 16.3 Å². The van der Waals surface area contributed by atoms with Crippen LogP contribution in [0.1, 0.15) is 10.5 Å². The lowest BCUT2D eigenvalue weighted by molar-refractivity contribution is 0.0953. The second-order valence-electron chi connectivity index (χ2n) is 3.73. The third kappa shape index (κ3) is 2.93. The molecule has 96 valence electrons. The summed E-state index contributed by atoms with van der Waals surface area (Å²) in [5, 5.41) is 6.74. The predicted molar refractivity (Wildman–Crippen MR) is 71.3 cm³/mol. The van der Waals surface area contributed by atoms with Gasteiger partial charge in [-0.3, -0.25) is 4.79 Å². The largest absolute Gasteiger partial charge is 0.497 e. The average molecular weight is 255 g/mol. The molecule has 0 spiro atoms. The molecule has 0 radical (unpaired) electrons. The first-order valence-electron chi connectivity index (χ1n) is 5.66. The van der Waals surface area contributed by atoms with Crippen molar-refractivity contribution in [2.24, 2.45) is 0 Å². The van der Waals surface area contributed by atoms with Crippen molar-refractivity contribution < 1.29 is 9.53 Å². The highest BCUT2D eigenvalue weighted by Gasteiger charge is 2.08. The maximum atomic E-state index is 11.6. The molecule has 0 fully saturated rings. The van der Waals surface area contributed by atoms with Crippen LogP contribution in [0.5, 0.6) is 5.75 Å². The van der Waals surface area contributed by atoms with E-state index in [1.54, 1.807) is 24.1 Å². The molecule has 19 heavy (non-hydrogen) atoms. The van der Waals surface area contributed by atoms with Gasteiger partial charge in [-0.15, -0.1) is 6.42 Å². The molecule has 1 heterocycles. The van der Waals surface area contributed by atoms with Crippen LogP contribution in [0.25, 0.3) is 5.69 Å². The van der Waals surface area contributed by atoms with Gasteiger partial charge in [0, 0.05) is 6.20 Å². The highest BCUT2D eigenvalue weighted by atomic mass is 16.5.